The van der Waals surface area contributed by atoms with Gasteiger partial charge >= 0.3 is 0 Å². The third-order valence-corrected chi connectivity index (χ3v) is 5.31. The van der Waals surface area contributed by atoms with E-state index in [4.69, 9.17) is 11.6 Å². The van der Waals surface area contributed by atoms with Gasteiger partial charge in [0.05, 0.1) is 16.9 Å². The lowest BCUT2D eigenvalue weighted by atomic mass is 10.1. The van der Waals surface area contributed by atoms with Crippen molar-refractivity contribution < 1.29 is 5.11 Å². The Bertz CT molecular complexity index is 749. The number of fused-ring (bicyclic) bond motifs is 1. The lowest BCUT2D eigenvalue weighted by molar-refractivity contribution is 0.191. The summed E-state index contributed by atoms with van der Waals surface area (Å²) in [5.41, 5.74) is 0. The van der Waals surface area contributed by atoms with E-state index in [2.05, 4.69) is 25.7 Å². The highest BCUT2D eigenvalue weighted by atomic mass is 127. The minimum atomic E-state index is -0.662. The maximum Gasteiger partial charge on any atom is 0.191 e. The first-order chi connectivity index (χ1) is 12.1. The summed E-state index contributed by atoms with van der Waals surface area (Å²) >= 11 is 7.30. The average molecular weight is 511 g/mol. The Morgan fingerprint density at radius 1 is 1.54 bits per heavy atom. The monoisotopic (exact) mass is 510 g/mol. The van der Waals surface area contributed by atoms with Crippen LogP contribution in [-0.2, 0) is 6.54 Å². The van der Waals surface area contributed by atoms with Gasteiger partial charge in [0.1, 0.15) is 17.8 Å². The number of rotatable bonds is 5. The number of aliphatic hydroxyl groups is 1. The molecule has 0 saturated carbocycles. The van der Waals surface area contributed by atoms with Crippen LogP contribution in [0.4, 0.5) is 0 Å². The van der Waals surface area contributed by atoms with E-state index < -0.39 is 6.10 Å². The SMILES string of the molecule is CCNC(=NCC(O)c1ccc(Cl)s1)NC1CCCn2nc(C)nc21.I. The number of halogens is 2. The Labute approximate surface area is 179 Å². The Hall–Kier alpha value is -0.910. The van der Waals surface area contributed by atoms with Crippen LogP contribution in [0.1, 0.15) is 48.4 Å². The van der Waals surface area contributed by atoms with Gasteiger partial charge in [-0.05, 0) is 38.8 Å². The standard InChI is InChI=1S/C16H23ClN6OS.HI/c1-3-18-16(19-9-12(24)13-6-7-14(17)25-13)21-11-5-4-8-23-15(11)20-10(2)22-23;/h6-7,11-12,24H,3-5,8-9H2,1-2H3,(H2,18,19,21);1H. The summed E-state index contributed by atoms with van der Waals surface area (Å²) in [7, 11) is 0. The van der Waals surface area contributed by atoms with Crippen LogP contribution in [0.2, 0.25) is 4.34 Å². The third-order valence-electron chi connectivity index (χ3n) is 3.98. The van der Waals surface area contributed by atoms with Gasteiger partial charge in [-0.15, -0.1) is 35.3 Å². The topological polar surface area (TPSA) is 87.4 Å². The van der Waals surface area contributed by atoms with Crippen molar-refractivity contribution in [1.29, 1.82) is 0 Å². The molecule has 2 unspecified atom stereocenters. The van der Waals surface area contributed by atoms with Crippen molar-refractivity contribution in [2.75, 3.05) is 13.1 Å². The number of guanidine groups is 1. The fraction of sp³-hybridized carbons (Fsp3) is 0.562. The summed E-state index contributed by atoms with van der Waals surface area (Å²) in [4.78, 5) is 9.88. The molecule has 0 spiro atoms. The molecule has 26 heavy (non-hydrogen) atoms. The van der Waals surface area contributed by atoms with E-state index in [1.54, 1.807) is 6.07 Å². The second kappa shape index (κ2) is 9.86. The predicted octanol–water partition coefficient (Wildman–Crippen LogP) is 3.04. The summed E-state index contributed by atoms with van der Waals surface area (Å²) in [6, 6.07) is 3.69. The van der Waals surface area contributed by atoms with Crippen molar-refractivity contribution in [2.24, 2.45) is 4.99 Å². The quantitative estimate of drug-likeness (QED) is 0.327. The molecule has 0 bridgehead atoms. The Morgan fingerprint density at radius 3 is 3.04 bits per heavy atom. The van der Waals surface area contributed by atoms with Gasteiger partial charge in [-0.2, -0.15) is 5.10 Å². The molecule has 2 aromatic rings. The zero-order valence-corrected chi connectivity index (χ0v) is 18.7. The van der Waals surface area contributed by atoms with Gasteiger partial charge in [0, 0.05) is 18.0 Å². The molecule has 0 radical (unpaired) electrons. The number of nitrogens with one attached hydrogen (secondary N) is 2. The normalized spacial score (nSPS) is 18.0. The first kappa shape index (κ1) is 21.4. The zero-order chi connectivity index (χ0) is 17.8. The minimum Gasteiger partial charge on any atom is -0.386 e. The summed E-state index contributed by atoms with van der Waals surface area (Å²) in [6.45, 7) is 5.83. The molecule has 2 atom stereocenters. The molecule has 0 saturated heterocycles. The Morgan fingerprint density at radius 2 is 2.35 bits per heavy atom. The lowest BCUT2D eigenvalue weighted by Gasteiger charge is -2.25. The van der Waals surface area contributed by atoms with Crippen LogP contribution in [0.25, 0.3) is 0 Å². The molecule has 1 aliphatic heterocycles. The highest BCUT2D eigenvalue weighted by Gasteiger charge is 2.24. The summed E-state index contributed by atoms with van der Waals surface area (Å²) in [6.07, 6.45) is 1.36. The zero-order valence-electron chi connectivity index (χ0n) is 14.8. The van der Waals surface area contributed by atoms with Gasteiger partial charge in [0.15, 0.2) is 5.96 Å². The fourth-order valence-electron chi connectivity index (χ4n) is 2.87. The van der Waals surface area contributed by atoms with Crippen molar-refractivity contribution in [3.05, 3.63) is 33.0 Å². The number of thiophene rings is 1. The van der Waals surface area contributed by atoms with Crippen LogP contribution in [0.15, 0.2) is 17.1 Å². The van der Waals surface area contributed by atoms with Gasteiger partial charge in [-0.1, -0.05) is 11.6 Å². The number of nitrogens with zero attached hydrogens (tertiary/aromatic N) is 4. The highest BCUT2D eigenvalue weighted by molar-refractivity contribution is 14.0. The summed E-state index contributed by atoms with van der Waals surface area (Å²) < 4.78 is 2.63. The van der Waals surface area contributed by atoms with E-state index in [0.717, 1.165) is 42.5 Å². The maximum absolute atomic E-state index is 10.3. The second-order valence-corrected chi connectivity index (χ2v) is 7.70. The molecule has 144 valence electrons. The number of aliphatic imine (C=N–C) groups is 1. The van der Waals surface area contributed by atoms with Crippen molar-refractivity contribution in [2.45, 2.75) is 45.4 Å². The largest absolute Gasteiger partial charge is 0.386 e. The van der Waals surface area contributed by atoms with E-state index in [1.807, 2.05) is 24.6 Å². The number of aliphatic hydroxyl groups excluding tert-OH is 1. The van der Waals surface area contributed by atoms with E-state index in [1.165, 1.54) is 11.3 Å². The minimum absolute atomic E-state index is 0. The van der Waals surface area contributed by atoms with Gasteiger partial charge in [-0.3, -0.25) is 4.99 Å². The molecule has 3 heterocycles. The summed E-state index contributed by atoms with van der Waals surface area (Å²) in [5.74, 6) is 2.40. The lowest BCUT2D eigenvalue weighted by Crippen LogP contribution is -2.41. The first-order valence-electron chi connectivity index (χ1n) is 8.46. The molecule has 3 N–H and O–H groups in total. The molecule has 1 aliphatic rings. The maximum atomic E-state index is 10.3. The fourth-order valence-corrected chi connectivity index (χ4v) is 3.90. The molecule has 0 fully saturated rings. The van der Waals surface area contributed by atoms with Crippen LogP contribution >= 0.6 is 46.9 Å². The first-order valence-corrected chi connectivity index (χ1v) is 9.65. The van der Waals surface area contributed by atoms with Gasteiger partial charge in [-0.25, -0.2) is 9.67 Å². The van der Waals surface area contributed by atoms with E-state index >= 15 is 0 Å². The van der Waals surface area contributed by atoms with Crippen LogP contribution < -0.4 is 10.6 Å². The second-order valence-electron chi connectivity index (χ2n) is 5.96. The molecule has 2 aromatic heterocycles. The van der Waals surface area contributed by atoms with Gasteiger partial charge in [0.25, 0.3) is 0 Å². The van der Waals surface area contributed by atoms with Gasteiger partial charge < -0.3 is 15.7 Å². The van der Waals surface area contributed by atoms with Gasteiger partial charge in [0.2, 0.25) is 0 Å². The Kier molecular flexibility index (Phi) is 8.11. The van der Waals surface area contributed by atoms with Crippen molar-refractivity contribution in [3.8, 4) is 0 Å². The third kappa shape index (κ3) is 5.30. The van der Waals surface area contributed by atoms with Crippen LogP contribution in [0.3, 0.4) is 0 Å². The van der Waals surface area contributed by atoms with Crippen molar-refractivity contribution in [1.82, 2.24) is 25.4 Å². The van der Waals surface area contributed by atoms with Crippen molar-refractivity contribution in [3.63, 3.8) is 0 Å². The van der Waals surface area contributed by atoms with E-state index in [9.17, 15) is 5.11 Å². The smallest absolute Gasteiger partial charge is 0.191 e. The molecule has 7 nitrogen and oxygen atoms in total. The highest BCUT2D eigenvalue weighted by Crippen LogP contribution is 2.27. The number of hydrogen-bond donors (Lipinski definition) is 3. The number of aryl methyl sites for hydroxylation is 2. The van der Waals surface area contributed by atoms with E-state index in [-0.39, 0.29) is 36.6 Å². The molecule has 3 rings (SSSR count). The molecule has 0 amide bonds. The average Bonchev–Trinajstić information content (AvgIpc) is 3.18. The molecule has 0 aliphatic carbocycles. The summed E-state index contributed by atoms with van der Waals surface area (Å²) in [5, 5.41) is 21.4. The molecular weight excluding hydrogens is 487 g/mol. The predicted molar refractivity (Wildman–Crippen MR) is 116 cm³/mol. The van der Waals surface area contributed by atoms with Crippen LogP contribution in [0.5, 0.6) is 0 Å². The van der Waals surface area contributed by atoms with Crippen LogP contribution in [-0.4, -0.2) is 38.9 Å². The molecular formula is C16H24ClIN6OS. The number of hydrogen-bond acceptors (Lipinski definition) is 5. The van der Waals surface area contributed by atoms with Crippen molar-refractivity contribution >= 4 is 52.9 Å². The number of aromatic nitrogens is 3. The molecule has 10 heteroatoms. The van der Waals surface area contributed by atoms with Crippen LogP contribution in [0, 0.1) is 6.92 Å². The molecule has 0 aromatic carbocycles. The Balaban J connectivity index is 0.00000243. The van der Waals surface area contributed by atoms with E-state index in [0.29, 0.717) is 10.3 Å².